The molecule has 0 amide bonds. The number of nitrogens with one attached hydrogen (secondary N) is 1. The fraction of sp³-hybridized carbons (Fsp3) is 0.478. The van der Waals surface area contributed by atoms with Crippen LogP contribution in [0.3, 0.4) is 0 Å². The van der Waals surface area contributed by atoms with Gasteiger partial charge in [-0.2, -0.15) is 0 Å². The Morgan fingerprint density at radius 1 is 1.17 bits per heavy atom. The SMILES string of the molecule is COc1ccc(OC)c([C@H]2CC(=O)c3c([nH]c(C(=O)OCCOC(C)C)c3C)C2)c1. The van der Waals surface area contributed by atoms with Gasteiger partial charge in [0, 0.05) is 29.2 Å². The van der Waals surface area contributed by atoms with Gasteiger partial charge in [0.25, 0.3) is 0 Å². The molecule has 30 heavy (non-hydrogen) atoms. The molecule has 0 spiro atoms. The minimum absolute atomic E-state index is 0.00191. The monoisotopic (exact) mass is 415 g/mol. The number of aromatic amines is 1. The van der Waals surface area contributed by atoms with E-state index >= 15 is 0 Å². The highest BCUT2D eigenvalue weighted by Crippen LogP contribution is 2.40. The molecule has 3 rings (SSSR count). The molecule has 0 saturated carbocycles. The van der Waals surface area contributed by atoms with E-state index in [1.807, 2.05) is 32.0 Å². The maximum atomic E-state index is 13.0. The van der Waals surface area contributed by atoms with Gasteiger partial charge < -0.3 is 23.9 Å². The van der Waals surface area contributed by atoms with Gasteiger partial charge in [-0.25, -0.2) is 4.79 Å². The number of H-pyrrole nitrogens is 1. The Kier molecular flexibility index (Phi) is 6.82. The molecule has 1 heterocycles. The lowest BCUT2D eigenvalue weighted by atomic mass is 9.81. The molecule has 0 radical (unpaired) electrons. The molecule has 1 aromatic carbocycles. The van der Waals surface area contributed by atoms with Crippen LogP contribution in [-0.2, 0) is 15.9 Å². The number of hydrogen-bond donors (Lipinski definition) is 1. The molecule has 0 fully saturated rings. The van der Waals surface area contributed by atoms with Crippen molar-refractivity contribution in [1.82, 2.24) is 4.98 Å². The smallest absolute Gasteiger partial charge is 0.355 e. The van der Waals surface area contributed by atoms with Gasteiger partial charge in [-0.15, -0.1) is 0 Å². The number of methoxy groups -OCH3 is 2. The van der Waals surface area contributed by atoms with Gasteiger partial charge in [-0.05, 0) is 51.0 Å². The molecule has 0 bridgehead atoms. The van der Waals surface area contributed by atoms with Crippen LogP contribution in [0.1, 0.15) is 63.9 Å². The summed E-state index contributed by atoms with van der Waals surface area (Å²) in [6.07, 6.45) is 1.01. The maximum absolute atomic E-state index is 13.0. The van der Waals surface area contributed by atoms with Crippen molar-refractivity contribution in [3.63, 3.8) is 0 Å². The van der Waals surface area contributed by atoms with Gasteiger partial charge in [0.2, 0.25) is 0 Å². The number of ether oxygens (including phenoxy) is 4. The summed E-state index contributed by atoms with van der Waals surface area (Å²) < 4.78 is 21.5. The molecule has 1 N–H and O–H groups in total. The van der Waals surface area contributed by atoms with Crippen molar-refractivity contribution in [2.24, 2.45) is 0 Å². The Bertz CT molecular complexity index is 930. The topological polar surface area (TPSA) is 86.9 Å². The fourth-order valence-corrected chi connectivity index (χ4v) is 3.91. The molecule has 7 nitrogen and oxygen atoms in total. The van der Waals surface area contributed by atoms with Crippen molar-refractivity contribution >= 4 is 11.8 Å². The number of carbonyl (C=O) groups is 2. The number of hydrogen-bond acceptors (Lipinski definition) is 6. The molecule has 2 aromatic rings. The number of rotatable bonds is 8. The van der Waals surface area contributed by atoms with Gasteiger partial charge in [-0.1, -0.05) is 0 Å². The van der Waals surface area contributed by atoms with E-state index in [-0.39, 0.29) is 24.4 Å². The van der Waals surface area contributed by atoms with Crippen LogP contribution in [0.5, 0.6) is 11.5 Å². The highest BCUT2D eigenvalue weighted by atomic mass is 16.6. The van der Waals surface area contributed by atoms with Crippen molar-refractivity contribution < 1.29 is 28.5 Å². The zero-order valence-electron chi connectivity index (χ0n) is 18.2. The summed E-state index contributed by atoms with van der Waals surface area (Å²) in [7, 11) is 3.21. The Morgan fingerprint density at radius 2 is 1.93 bits per heavy atom. The van der Waals surface area contributed by atoms with Crippen LogP contribution in [0.25, 0.3) is 0 Å². The van der Waals surface area contributed by atoms with Gasteiger partial charge in [0.1, 0.15) is 23.8 Å². The Hall–Kier alpha value is -2.80. The summed E-state index contributed by atoms with van der Waals surface area (Å²) in [4.78, 5) is 28.6. The lowest BCUT2D eigenvalue weighted by Crippen LogP contribution is -2.19. The van der Waals surface area contributed by atoms with Gasteiger partial charge >= 0.3 is 5.97 Å². The Balaban J connectivity index is 1.82. The van der Waals surface area contributed by atoms with Crippen molar-refractivity contribution in [2.75, 3.05) is 27.4 Å². The largest absolute Gasteiger partial charge is 0.497 e. The first kappa shape index (κ1) is 21.9. The summed E-state index contributed by atoms with van der Waals surface area (Å²) in [5.41, 5.74) is 3.23. The van der Waals surface area contributed by atoms with Gasteiger partial charge in [0.05, 0.1) is 26.9 Å². The lowest BCUT2D eigenvalue weighted by molar-refractivity contribution is 0.0172. The first-order valence-corrected chi connectivity index (χ1v) is 10.1. The summed E-state index contributed by atoms with van der Waals surface area (Å²) in [6.45, 7) is 6.12. The van der Waals surface area contributed by atoms with E-state index in [1.54, 1.807) is 21.1 Å². The Labute approximate surface area is 176 Å². The van der Waals surface area contributed by atoms with Crippen molar-refractivity contribution in [3.05, 3.63) is 46.3 Å². The van der Waals surface area contributed by atoms with Crippen LogP contribution < -0.4 is 9.47 Å². The number of ketones is 1. The van der Waals surface area contributed by atoms with Crippen LogP contribution >= 0.6 is 0 Å². The van der Waals surface area contributed by atoms with E-state index in [0.717, 1.165) is 11.3 Å². The first-order chi connectivity index (χ1) is 14.3. The predicted molar refractivity (Wildman–Crippen MR) is 112 cm³/mol. The number of fused-ring (bicyclic) bond motifs is 1. The number of carbonyl (C=O) groups excluding carboxylic acids is 2. The predicted octanol–water partition coefficient (Wildman–Crippen LogP) is 3.83. The van der Waals surface area contributed by atoms with Gasteiger partial charge in [-0.3, -0.25) is 4.79 Å². The van der Waals surface area contributed by atoms with E-state index in [4.69, 9.17) is 18.9 Å². The number of aromatic nitrogens is 1. The standard InChI is InChI=1S/C23H29NO6/c1-13(2)29-8-9-30-23(26)22-14(3)21-18(24-22)10-15(11-19(21)25)17-12-16(27-4)6-7-20(17)28-5/h6-7,12-13,15,24H,8-11H2,1-5H3/t15-/m1/s1. The van der Waals surface area contributed by atoms with Crippen LogP contribution in [0, 0.1) is 6.92 Å². The third-order valence-corrected chi connectivity index (χ3v) is 5.34. The molecular weight excluding hydrogens is 386 g/mol. The third-order valence-electron chi connectivity index (χ3n) is 5.34. The normalized spacial score (nSPS) is 15.8. The number of benzene rings is 1. The van der Waals surface area contributed by atoms with Gasteiger partial charge in [0.15, 0.2) is 5.78 Å². The summed E-state index contributed by atoms with van der Waals surface area (Å²) in [5.74, 6) is 0.876. The summed E-state index contributed by atoms with van der Waals surface area (Å²) >= 11 is 0. The van der Waals surface area contributed by atoms with E-state index in [9.17, 15) is 9.59 Å². The van der Waals surface area contributed by atoms with E-state index in [2.05, 4.69) is 4.98 Å². The van der Waals surface area contributed by atoms with Crippen LogP contribution in [0.15, 0.2) is 18.2 Å². The minimum Gasteiger partial charge on any atom is -0.497 e. The average molecular weight is 415 g/mol. The van der Waals surface area contributed by atoms with Crippen molar-refractivity contribution in [1.29, 1.82) is 0 Å². The second kappa shape index (κ2) is 9.34. The molecule has 0 saturated heterocycles. The van der Waals surface area contributed by atoms with Crippen molar-refractivity contribution in [3.8, 4) is 11.5 Å². The van der Waals surface area contributed by atoms with Crippen LogP contribution in [0.4, 0.5) is 0 Å². The van der Waals surface area contributed by atoms with Crippen LogP contribution in [0.2, 0.25) is 0 Å². The maximum Gasteiger partial charge on any atom is 0.355 e. The molecule has 1 aliphatic carbocycles. The molecule has 1 aromatic heterocycles. The van der Waals surface area contributed by atoms with Crippen LogP contribution in [-0.4, -0.2) is 50.3 Å². The Morgan fingerprint density at radius 3 is 2.60 bits per heavy atom. The molecule has 1 aliphatic rings. The molecule has 0 aliphatic heterocycles. The zero-order valence-corrected chi connectivity index (χ0v) is 18.2. The summed E-state index contributed by atoms with van der Waals surface area (Å²) in [5, 5.41) is 0. The van der Waals surface area contributed by atoms with Crippen molar-refractivity contribution in [2.45, 2.75) is 45.6 Å². The molecule has 7 heteroatoms. The number of esters is 1. The molecule has 162 valence electrons. The quantitative estimate of drug-likeness (QED) is 0.521. The molecular formula is C23H29NO6. The lowest BCUT2D eigenvalue weighted by Gasteiger charge is -2.24. The molecule has 1 atom stereocenters. The average Bonchev–Trinajstić information content (AvgIpc) is 3.07. The zero-order chi connectivity index (χ0) is 21.8. The first-order valence-electron chi connectivity index (χ1n) is 10.1. The second-order valence-electron chi connectivity index (χ2n) is 7.67. The highest BCUT2D eigenvalue weighted by molar-refractivity contribution is 6.03. The van der Waals surface area contributed by atoms with E-state index in [1.165, 1.54) is 0 Å². The fourth-order valence-electron chi connectivity index (χ4n) is 3.91. The van der Waals surface area contributed by atoms with E-state index in [0.29, 0.717) is 47.8 Å². The summed E-state index contributed by atoms with van der Waals surface area (Å²) in [6, 6.07) is 5.58. The number of Topliss-reactive ketones (excluding diaryl/α,β-unsaturated/α-hetero) is 1. The highest BCUT2D eigenvalue weighted by Gasteiger charge is 2.33. The molecule has 0 unspecified atom stereocenters. The second-order valence-corrected chi connectivity index (χ2v) is 7.67. The third kappa shape index (κ3) is 4.51. The van der Waals surface area contributed by atoms with E-state index < -0.39 is 5.97 Å². The minimum atomic E-state index is -0.474.